The van der Waals surface area contributed by atoms with Crippen molar-refractivity contribution < 1.29 is 30.0 Å². The Balaban J connectivity index is 2.67. The summed E-state index contributed by atoms with van der Waals surface area (Å²) >= 11 is 5.24. The van der Waals surface area contributed by atoms with Crippen LogP contribution in [0.2, 0.25) is 0 Å². The van der Waals surface area contributed by atoms with Crippen molar-refractivity contribution >= 4 is 17.5 Å². The third kappa shape index (κ3) is 2.82. The van der Waals surface area contributed by atoms with Crippen LogP contribution >= 0.6 is 11.6 Å². The van der Waals surface area contributed by atoms with Gasteiger partial charge in [-0.05, 0) is 0 Å². The highest BCUT2D eigenvalue weighted by molar-refractivity contribution is 6.27. The van der Waals surface area contributed by atoms with Gasteiger partial charge in [0.2, 0.25) is 5.91 Å². The lowest BCUT2D eigenvalue weighted by Crippen LogP contribution is -2.64. The van der Waals surface area contributed by atoms with Gasteiger partial charge in [0.15, 0.2) is 6.29 Å². The highest BCUT2D eigenvalue weighted by atomic mass is 35.5. The summed E-state index contributed by atoms with van der Waals surface area (Å²) in [6, 6.07) is -1.18. The van der Waals surface area contributed by atoms with Gasteiger partial charge in [0.05, 0.1) is 6.61 Å². The maximum atomic E-state index is 11.0. The highest BCUT2D eigenvalue weighted by Crippen LogP contribution is 2.19. The molecule has 94 valence electrons. The van der Waals surface area contributed by atoms with Gasteiger partial charge >= 0.3 is 0 Å². The van der Waals surface area contributed by atoms with Gasteiger partial charge in [0.1, 0.15) is 30.2 Å². The number of carbonyl (C=O) groups is 1. The fourth-order valence-electron chi connectivity index (χ4n) is 1.48. The fraction of sp³-hybridized carbons (Fsp3) is 0.875. The van der Waals surface area contributed by atoms with Crippen molar-refractivity contribution in [3.05, 3.63) is 0 Å². The van der Waals surface area contributed by atoms with Crippen molar-refractivity contribution in [2.75, 3.05) is 12.5 Å². The van der Waals surface area contributed by atoms with E-state index in [9.17, 15) is 20.1 Å². The third-order valence-corrected chi connectivity index (χ3v) is 2.59. The smallest absolute Gasteiger partial charge is 0.235 e. The number of aliphatic hydroxyl groups is 4. The minimum absolute atomic E-state index is 0.338. The lowest BCUT2D eigenvalue weighted by molar-refractivity contribution is -0.253. The van der Waals surface area contributed by atoms with E-state index in [1.54, 1.807) is 0 Å². The van der Waals surface area contributed by atoms with Gasteiger partial charge in [0.25, 0.3) is 0 Å². The van der Waals surface area contributed by atoms with Crippen LogP contribution in [-0.4, -0.2) is 69.5 Å². The number of ether oxygens (including phenoxy) is 1. The minimum Gasteiger partial charge on any atom is -0.394 e. The zero-order valence-electron chi connectivity index (χ0n) is 8.28. The summed E-state index contributed by atoms with van der Waals surface area (Å²) in [6.45, 7) is -0.550. The maximum Gasteiger partial charge on any atom is 0.235 e. The van der Waals surface area contributed by atoms with Crippen molar-refractivity contribution in [1.29, 1.82) is 0 Å². The van der Waals surface area contributed by atoms with Crippen molar-refractivity contribution in [3.63, 3.8) is 0 Å². The Labute approximate surface area is 96.6 Å². The first-order valence-corrected chi connectivity index (χ1v) is 5.20. The van der Waals surface area contributed by atoms with Gasteiger partial charge in [-0.2, -0.15) is 0 Å². The molecule has 1 heterocycles. The van der Waals surface area contributed by atoms with E-state index in [1.807, 2.05) is 0 Å². The number of carbonyl (C=O) groups excluding carboxylic acids is 1. The molecule has 0 bridgehead atoms. The van der Waals surface area contributed by atoms with E-state index in [1.165, 1.54) is 0 Å². The maximum absolute atomic E-state index is 11.0. The Morgan fingerprint density at radius 2 is 1.94 bits per heavy atom. The first-order chi connectivity index (χ1) is 7.51. The first kappa shape index (κ1) is 13.6. The Kier molecular flexibility index (Phi) is 4.90. The van der Waals surface area contributed by atoms with Crippen molar-refractivity contribution in [2.24, 2.45) is 0 Å². The summed E-state index contributed by atoms with van der Waals surface area (Å²) in [5, 5.41) is 39.5. The molecule has 0 aromatic heterocycles. The summed E-state index contributed by atoms with van der Waals surface area (Å²) in [4.78, 5) is 11.0. The Morgan fingerprint density at radius 3 is 2.44 bits per heavy atom. The summed E-state index contributed by atoms with van der Waals surface area (Å²) in [5.74, 6) is -0.946. The Hall–Kier alpha value is -0.440. The third-order valence-electron chi connectivity index (χ3n) is 2.35. The molecule has 16 heavy (non-hydrogen) atoms. The van der Waals surface area contributed by atoms with Crippen molar-refractivity contribution in [3.8, 4) is 0 Å². The van der Waals surface area contributed by atoms with E-state index in [-0.39, 0.29) is 5.88 Å². The zero-order chi connectivity index (χ0) is 12.3. The van der Waals surface area contributed by atoms with Crippen LogP contribution in [0.1, 0.15) is 0 Å². The molecule has 0 saturated carbocycles. The molecule has 1 aliphatic heterocycles. The molecule has 1 saturated heterocycles. The lowest BCUT2D eigenvalue weighted by Gasteiger charge is -2.40. The standard InChI is InChI=1S/C8H14ClNO6/c9-1-4(12)10-5-7(14)6(13)3(2-11)16-8(5)15/h3,5-8,11,13-15H,1-2H2,(H,10,12)/t3-,5?,6?,7-,8?/m1/s1. The molecule has 0 aromatic carbocycles. The predicted octanol–water partition coefficient (Wildman–Crippen LogP) is -2.86. The average Bonchev–Trinajstić information content (AvgIpc) is 2.28. The van der Waals surface area contributed by atoms with E-state index < -0.39 is 43.2 Å². The molecule has 0 aromatic rings. The van der Waals surface area contributed by atoms with Gasteiger partial charge in [-0.3, -0.25) is 4.79 Å². The molecule has 1 fully saturated rings. The fourth-order valence-corrected chi connectivity index (χ4v) is 1.55. The van der Waals surface area contributed by atoms with E-state index in [4.69, 9.17) is 21.4 Å². The van der Waals surface area contributed by atoms with Crippen LogP contribution in [-0.2, 0) is 9.53 Å². The van der Waals surface area contributed by atoms with Gasteiger partial charge in [-0.1, -0.05) is 0 Å². The second-order valence-electron chi connectivity index (χ2n) is 3.46. The number of hydrogen-bond donors (Lipinski definition) is 5. The molecule has 7 nitrogen and oxygen atoms in total. The molecule has 1 amide bonds. The monoisotopic (exact) mass is 255 g/mol. The molecule has 8 heteroatoms. The van der Waals surface area contributed by atoms with Gasteiger partial charge in [0, 0.05) is 0 Å². The minimum atomic E-state index is -1.51. The summed E-state index contributed by atoms with van der Waals surface area (Å²) in [7, 11) is 0. The summed E-state index contributed by atoms with van der Waals surface area (Å²) in [6.07, 6.45) is -5.43. The molecular weight excluding hydrogens is 242 g/mol. The van der Waals surface area contributed by atoms with Crippen LogP contribution in [0, 0.1) is 0 Å². The van der Waals surface area contributed by atoms with E-state index in [0.29, 0.717) is 0 Å². The Bertz CT molecular complexity index is 253. The molecule has 1 rings (SSSR count). The lowest BCUT2D eigenvalue weighted by atomic mass is 9.97. The number of nitrogens with one attached hydrogen (secondary N) is 1. The average molecular weight is 256 g/mol. The number of hydrogen-bond acceptors (Lipinski definition) is 6. The summed E-state index contributed by atoms with van der Waals surface area (Å²) in [5.41, 5.74) is 0. The van der Waals surface area contributed by atoms with Gasteiger partial charge < -0.3 is 30.5 Å². The number of alkyl halides is 1. The molecular formula is C8H14ClNO6. The number of rotatable bonds is 3. The van der Waals surface area contributed by atoms with E-state index in [0.717, 1.165) is 0 Å². The molecule has 3 unspecified atom stereocenters. The first-order valence-electron chi connectivity index (χ1n) is 4.67. The Morgan fingerprint density at radius 1 is 1.31 bits per heavy atom. The molecule has 5 N–H and O–H groups in total. The molecule has 0 radical (unpaired) electrons. The highest BCUT2D eigenvalue weighted by Gasteiger charge is 2.44. The normalized spacial score (nSPS) is 39.4. The van der Waals surface area contributed by atoms with Crippen molar-refractivity contribution in [1.82, 2.24) is 5.32 Å². The number of halogens is 1. The van der Waals surface area contributed by atoms with Gasteiger partial charge in [-0.15, -0.1) is 11.6 Å². The topological polar surface area (TPSA) is 119 Å². The van der Waals surface area contributed by atoms with Gasteiger partial charge in [-0.25, -0.2) is 0 Å². The van der Waals surface area contributed by atoms with Crippen LogP contribution in [0.15, 0.2) is 0 Å². The van der Waals surface area contributed by atoms with Crippen LogP contribution < -0.4 is 5.32 Å². The quantitative estimate of drug-likeness (QED) is 0.346. The van der Waals surface area contributed by atoms with Crippen LogP contribution in [0.4, 0.5) is 0 Å². The number of amides is 1. The van der Waals surface area contributed by atoms with E-state index in [2.05, 4.69) is 5.32 Å². The van der Waals surface area contributed by atoms with Crippen LogP contribution in [0.5, 0.6) is 0 Å². The largest absolute Gasteiger partial charge is 0.394 e. The molecule has 0 aliphatic carbocycles. The van der Waals surface area contributed by atoms with Crippen LogP contribution in [0.3, 0.4) is 0 Å². The number of aliphatic hydroxyl groups excluding tert-OH is 4. The van der Waals surface area contributed by atoms with Crippen molar-refractivity contribution in [2.45, 2.75) is 30.6 Å². The predicted molar refractivity (Wildman–Crippen MR) is 52.6 cm³/mol. The summed E-state index contributed by atoms with van der Waals surface area (Å²) < 4.78 is 4.81. The zero-order valence-corrected chi connectivity index (χ0v) is 9.04. The van der Waals surface area contributed by atoms with Crippen LogP contribution in [0.25, 0.3) is 0 Å². The van der Waals surface area contributed by atoms with E-state index >= 15 is 0 Å². The second-order valence-corrected chi connectivity index (χ2v) is 3.72. The SMILES string of the molecule is O=C(CCl)NC1C(O)O[C@H](CO)C(O)[C@@H]1O. The molecule has 0 spiro atoms. The molecule has 1 aliphatic rings. The second kappa shape index (κ2) is 5.76. The molecule has 5 atom stereocenters.